The van der Waals surface area contributed by atoms with Gasteiger partial charge in [0.05, 0.1) is 45.1 Å². The topological polar surface area (TPSA) is 83.9 Å². The van der Waals surface area contributed by atoms with Crippen molar-refractivity contribution in [3.05, 3.63) is 46.1 Å². The molecule has 3 heterocycles. The lowest BCUT2D eigenvalue weighted by atomic mass is 9.92. The molecule has 0 N–H and O–H groups in total. The van der Waals surface area contributed by atoms with Gasteiger partial charge >= 0.3 is 5.97 Å². The van der Waals surface area contributed by atoms with Gasteiger partial charge in [-0.1, -0.05) is 23.9 Å². The van der Waals surface area contributed by atoms with Crippen LogP contribution in [-0.2, 0) is 14.3 Å². The van der Waals surface area contributed by atoms with Crippen molar-refractivity contribution in [2.45, 2.75) is 19.4 Å². The van der Waals surface area contributed by atoms with E-state index >= 15 is 0 Å². The first-order valence-corrected chi connectivity index (χ1v) is 12.0. The van der Waals surface area contributed by atoms with E-state index in [4.69, 9.17) is 14.2 Å². The molecule has 1 aromatic carbocycles. The van der Waals surface area contributed by atoms with Crippen molar-refractivity contribution in [2.75, 3.05) is 54.6 Å². The van der Waals surface area contributed by atoms with Crippen LogP contribution in [0.4, 0.5) is 0 Å². The van der Waals surface area contributed by atoms with Crippen LogP contribution in [0.1, 0.15) is 24.9 Å². The van der Waals surface area contributed by atoms with Crippen LogP contribution in [0.3, 0.4) is 0 Å². The number of thioether (sulfide) groups is 1. The molecular formula is C24H30N4O5S. The molecule has 0 aliphatic carbocycles. The van der Waals surface area contributed by atoms with Gasteiger partial charge in [-0.05, 0) is 25.4 Å². The van der Waals surface area contributed by atoms with Crippen LogP contribution in [0.5, 0.6) is 11.5 Å². The molecule has 0 spiro atoms. The van der Waals surface area contributed by atoms with E-state index < -0.39 is 12.0 Å². The summed E-state index contributed by atoms with van der Waals surface area (Å²) in [5.74, 6) is 0.657. The number of benzene rings is 1. The molecule has 9 nitrogen and oxygen atoms in total. The predicted molar refractivity (Wildman–Crippen MR) is 131 cm³/mol. The normalized spacial score (nSPS) is 20.6. The van der Waals surface area contributed by atoms with Gasteiger partial charge in [0, 0.05) is 37.4 Å². The zero-order chi connectivity index (χ0) is 24.4. The van der Waals surface area contributed by atoms with E-state index in [-0.39, 0.29) is 12.3 Å². The third-order valence-electron chi connectivity index (χ3n) is 6.32. The van der Waals surface area contributed by atoms with E-state index in [1.165, 1.54) is 18.9 Å². The van der Waals surface area contributed by atoms with Crippen molar-refractivity contribution in [2.24, 2.45) is 4.99 Å². The minimum absolute atomic E-state index is 0.0588. The molecule has 3 aliphatic heterocycles. The van der Waals surface area contributed by atoms with E-state index in [0.29, 0.717) is 41.0 Å². The number of ether oxygens (including phenoxy) is 3. The van der Waals surface area contributed by atoms with Gasteiger partial charge in [0.15, 0.2) is 16.7 Å². The summed E-state index contributed by atoms with van der Waals surface area (Å²) in [6, 6.07) is 4.98. The third-order valence-corrected chi connectivity index (χ3v) is 7.21. The Morgan fingerprint density at radius 3 is 2.50 bits per heavy atom. The zero-order valence-electron chi connectivity index (χ0n) is 20.2. The Morgan fingerprint density at radius 2 is 1.85 bits per heavy atom. The smallest absolute Gasteiger partial charge is 0.338 e. The molecule has 182 valence electrons. The number of piperazine rings is 1. The van der Waals surface area contributed by atoms with Gasteiger partial charge in [0.2, 0.25) is 5.91 Å². The van der Waals surface area contributed by atoms with Crippen LogP contribution in [0.15, 0.2) is 45.6 Å². The quantitative estimate of drug-likeness (QED) is 0.568. The highest BCUT2D eigenvalue weighted by Crippen LogP contribution is 2.48. The third kappa shape index (κ3) is 4.39. The molecule has 0 aromatic heterocycles. The van der Waals surface area contributed by atoms with Crippen molar-refractivity contribution in [3.63, 3.8) is 0 Å². The van der Waals surface area contributed by atoms with E-state index in [2.05, 4.69) is 16.9 Å². The summed E-state index contributed by atoms with van der Waals surface area (Å²) in [6.07, 6.45) is 0.214. The molecule has 1 unspecified atom stereocenters. The number of hydrogen-bond acceptors (Lipinski definition) is 9. The maximum atomic E-state index is 13.2. The van der Waals surface area contributed by atoms with Gasteiger partial charge < -0.3 is 28.9 Å². The summed E-state index contributed by atoms with van der Waals surface area (Å²) < 4.78 is 16.4. The van der Waals surface area contributed by atoms with E-state index in [0.717, 1.165) is 24.4 Å². The molecule has 10 heteroatoms. The summed E-state index contributed by atoms with van der Waals surface area (Å²) in [6.45, 7) is 4.92. The average molecular weight is 487 g/mol. The van der Waals surface area contributed by atoms with Crippen LogP contribution in [-0.4, -0.2) is 86.3 Å². The Labute approximate surface area is 204 Å². The lowest BCUT2D eigenvalue weighted by Crippen LogP contribution is -2.47. The fourth-order valence-electron chi connectivity index (χ4n) is 4.48. The molecule has 34 heavy (non-hydrogen) atoms. The van der Waals surface area contributed by atoms with Gasteiger partial charge in [-0.15, -0.1) is 0 Å². The van der Waals surface area contributed by atoms with E-state index in [1.54, 1.807) is 27.2 Å². The highest BCUT2D eigenvalue weighted by atomic mass is 32.2. The molecule has 1 aromatic rings. The molecule has 0 saturated carbocycles. The van der Waals surface area contributed by atoms with Crippen molar-refractivity contribution in [1.82, 2.24) is 14.7 Å². The highest BCUT2D eigenvalue weighted by molar-refractivity contribution is 8.16. The Kier molecular flexibility index (Phi) is 7.18. The number of methoxy groups -OCH3 is 3. The van der Waals surface area contributed by atoms with Gasteiger partial charge in [-0.25, -0.2) is 9.79 Å². The fraction of sp³-hybridized carbons (Fsp3) is 0.458. The molecule has 0 radical (unpaired) electrons. The molecule has 1 atom stereocenters. The first-order valence-electron chi connectivity index (χ1n) is 11.1. The Balaban J connectivity index is 1.74. The molecule has 1 amide bonds. The number of amidine groups is 1. The summed E-state index contributed by atoms with van der Waals surface area (Å²) in [5.41, 5.74) is 2.49. The summed E-state index contributed by atoms with van der Waals surface area (Å²) >= 11 is 1.45. The van der Waals surface area contributed by atoms with Gasteiger partial charge in [-0.2, -0.15) is 0 Å². The maximum absolute atomic E-state index is 13.2. The number of likely N-dealkylation sites (N-methyl/N-ethyl adjacent to an activating group) is 1. The monoisotopic (exact) mass is 486 g/mol. The SMILES string of the molecule is COC(=O)C1=C(C)N=C2SC=C(CC(=O)N3CCN(C)CC3)N2C1c1cccc(OC)c1OC. The lowest BCUT2D eigenvalue weighted by molar-refractivity contribution is -0.136. The largest absolute Gasteiger partial charge is 0.493 e. The molecular weight excluding hydrogens is 456 g/mol. The number of hydrogen-bond donors (Lipinski definition) is 0. The number of allylic oxidation sites excluding steroid dienone is 1. The number of fused-ring (bicyclic) bond motifs is 1. The summed E-state index contributed by atoms with van der Waals surface area (Å²) in [4.78, 5) is 36.9. The van der Waals surface area contributed by atoms with Gasteiger partial charge in [0.1, 0.15) is 0 Å². The zero-order valence-corrected chi connectivity index (χ0v) is 21.0. The van der Waals surface area contributed by atoms with E-state index in [1.807, 2.05) is 27.3 Å². The second-order valence-electron chi connectivity index (χ2n) is 8.33. The number of rotatable bonds is 6. The van der Waals surface area contributed by atoms with Crippen LogP contribution < -0.4 is 9.47 Å². The van der Waals surface area contributed by atoms with Gasteiger partial charge in [-0.3, -0.25) is 4.79 Å². The standard InChI is InChI=1S/C24H30N4O5S/c1-15-20(23(30)33-5)21(17-7-6-8-18(31-3)22(17)32-4)28-16(14-34-24(28)25-15)13-19(29)27-11-9-26(2)10-12-27/h6-8,14,21H,9-13H2,1-5H3. The molecule has 1 saturated heterocycles. The molecule has 4 rings (SSSR count). The number of nitrogens with zero attached hydrogens (tertiary/aromatic N) is 4. The Bertz CT molecular complexity index is 1080. The number of para-hydroxylation sites is 1. The number of carbonyl (C=O) groups is 2. The predicted octanol–water partition coefficient (Wildman–Crippen LogP) is 2.62. The molecule has 0 bridgehead atoms. The van der Waals surface area contributed by atoms with Crippen LogP contribution in [0.2, 0.25) is 0 Å². The van der Waals surface area contributed by atoms with Crippen LogP contribution >= 0.6 is 11.8 Å². The highest BCUT2D eigenvalue weighted by Gasteiger charge is 2.43. The van der Waals surface area contributed by atoms with Crippen LogP contribution in [0.25, 0.3) is 0 Å². The van der Waals surface area contributed by atoms with Crippen molar-refractivity contribution in [1.29, 1.82) is 0 Å². The fourth-order valence-corrected chi connectivity index (χ4v) is 5.45. The number of esters is 1. The van der Waals surface area contributed by atoms with Gasteiger partial charge in [0.25, 0.3) is 0 Å². The van der Waals surface area contributed by atoms with Crippen molar-refractivity contribution < 1.29 is 23.8 Å². The minimum atomic E-state index is -0.577. The number of aliphatic imine (C=N–C) groups is 1. The molecule has 1 fully saturated rings. The van der Waals surface area contributed by atoms with Crippen molar-refractivity contribution in [3.8, 4) is 11.5 Å². The average Bonchev–Trinajstić information content (AvgIpc) is 3.24. The second-order valence-corrected chi connectivity index (χ2v) is 9.16. The lowest BCUT2D eigenvalue weighted by Gasteiger charge is -2.37. The maximum Gasteiger partial charge on any atom is 0.338 e. The van der Waals surface area contributed by atoms with Crippen molar-refractivity contribution >= 4 is 28.8 Å². The minimum Gasteiger partial charge on any atom is -0.493 e. The summed E-state index contributed by atoms with van der Waals surface area (Å²) in [5, 5.41) is 2.65. The number of carbonyl (C=O) groups excluding carboxylic acids is 2. The first kappa shape index (κ1) is 24.2. The van der Waals surface area contributed by atoms with E-state index in [9.17, 15) is 9.59 Å². The Hall–Kier alpha value is -2.98. The Morgan fingerprint density at radius 1 is 1.12 bits per heavy atom. The molecule has 3 aliphatic rings. The number of amides is 1. The first-order chi connectivity index (χ1) is 16.4. The van der Waals surface area contributed by atoms with Crippen LogP contribution in [0, 0.1) is 0 Å². The summed E-state index contributed by atoms with van der Waals surface area (Å²) in [7, 11) is 6.56. The second kappa shape index (κ2) is 10.1.